The Kier molecular flexibility index (Phi) is 3.29. The minimum absolute atomic E-state index is 0.0927. The lowest BCUT2D eigenvalue weighted by atomic mass is 10.2. The summed E-state index contributed by atoms with van der Waals surface area (Å²) < 4.78 is 13.8. The van der Waals surface area contributed by atoms with Crippen molar-refractivity contribution in [1.29, 1.82) is 0 Å². The van der Waals surface area contributed by atoms with Gasteiger partial charge in [-0.1, -0.05) is 12.1 Å². The molecule has 1 fully saturated rings. The van der Waals surface area contributed by atoms with Crippen LogP contribution in [0.25, 0.3) is 11.4 Å². The molecule has 2 heterocycles. The molecule has 19 heavy (non-hydrogen) atoms. The molecule has 0 spiro atoms. The standard InChI is InChI=1S/C13H12ClFN4/c14-12-16-11(9-5-1-2-6-10(9)15)17-13(18-12)19-7-3-4-8-19/h1-2,5-6H,3-4,7-8H2. The highest BCUT2D eigenvalue weighted by molar-refractivity contribution is 6.28. The van der Waals surface area contributed by atoms with Crippen molar-refractivity contribution in [3.8, 4) is 11.4 Å². The molecule has 0 radical (unpaired) electrons. The fourth-order valence-electron chi connectivity index (χ4n) is 2.16. The van der Waals surface area contributed by atoms with Crippen LogP contribution in [0.5, 0.6) is 0 Å². The molecule has 0 N–H and O–H groups in total. The fraction of sp³-hybridized carbons (Fsp3) is 0.308. The van der Waals surface area contributed by atoms with Gasteiger partial charge in [-0.15, -0.1) is 0 Å². The van der Waals surface area contributed by atoms with E-state index in [-0.39, 0.29) is 16.9 Å². The maximum atomic E-state index is 13.8. The van der Waals surface area contributed by atoms with Gasteiger partial charge in [-0.3, -0.25) is 0 Å². The Balaban J connectivity index is 2.04. The van der Waals surface area contributed by atoms with Gasteiger partial charge in [0.1, 0.15) is 5.82 Å². The molecule has 1 aromatic carbocycles. The minimum Gasteiger partial charge on any atom is -0.341 e. The summed E-state index contributed by atoms with van der Waals surface area (Å²) in [6.45, 7) is 1.80. The van der Waals surface area contributed by atoms with Crippen LogP contribution in [0, 0.1) is 5.82 Å². The minimum atomic E-state index is -0.364. The van der Waals surface area contributed by atoms with Crippen LogP contribution in [0.3, 0.4) is 0 Å². The third kappa shape index (κ3) is 2.51. The predicted octanol–water partition coefficient (Wildman–Crippen LogP) is 2.93. The average molecular weight is 279 g/mol. The van der Waals surface area contributed by atoms with E-state index in [4.69, 9.17) is 11.6 Å². The van der Waals surface area contributed by atoms with Gasteiger partial charge in [0.25, 0.3) is 0 Å². The van der Waals surface area contributed by atoms with Crippen molar-refractivity contribution in [2.45, 2.75) is 12.8 Å². The maximum absolute atomic E-state index is 13.8. The van der Waals surface area contributed by atoms with Crippen LogP contribution in [-0.4, -0.2) is 28.0 Å². The zero-order valence-electron chi connectivity index (χ0n) is 10.2. The Morgan fingerprint density at radius 1 is 1.05 bits per heavy atom. The highest BCUT2D eigenvalue weighted by atomic mass is 35.5. The summed E-state index contributed by atoms with van der Waals surface area (Å²) in [7, 11) is 0. The second kappa shape index (κ2) is 5.09. The summed E-state index contributed by atoms with van der Waals surface area (Å²) in [5.41, 5.74) is 0.340. The Morgan fingerprint density at radius 2 is 1.79 bits per heavy atom. The van der Waals surface area contributed by atoms with Gasteiger partial charge in [0.15, 0.2) is 5.82 Å². The number of hydrogen-bond donors (Lipinski definition) is 0. The quantitative estimate of drug-likeness (QED) is 0.847. The summed E-state index contributed by atoms with van der Waals surface area (Å²) in [4.78, 5) is 14.5. The number of anilines is 1. The van der Waals surface area contributed by atoms with Gasteiger partial charge >= 0.3 is 0 Å². The second-order valence-corrected chi connectivity index (χ2v) is 4.74. The smallest absolute Gasteiger partial charge is 0.230 e. The molecule has 0 aliphatic carbocycles. The molecule has 1 aliphatic rings. The molecular formula is C13H12ClFN4. The van der Waals surface area contributed by atoms with E-state index in [9.17, 15) is 4.39 Å². The van der Waals surface area contributed by atoms with Crippen molar-refractivity contribution < 1.29 is 4.39 Å². The number of rotatable bonds is 2. The fourth-order valence-corrected chi connectivity index (χ4v) is 2.32. The molecule has 2 aromatic rings. The molecule has 1 aromatic heterocycles. The molecule has 1 saturated heterocycles. The molecule has 0 saturated carbocycles. The summed E-state index contributed by atoms with van der Waals surface area (Å²) in [6.07, 6.45) is 2.22. The first-order valence-electron chi connectivity index (χ1n) is 6.15. The van der Waals surface area contributed by atoms with E-state index < -0.39 is 0 Å². The van der Waals surface area contributed by atoms with Gasteiger partial charge in [-0.05, 0) is 36.6 Å². The van der Waals surface area contributed by atoms with Crippen LogP contribution in [0.4, 0.5) is 10.3 Å². The first-order chi connectivity index (χ1) is 9.24. The lowest BCUT2D eigenvalue weighted by Gasteiger charge is -2.15. The lowest BCUT2D eigenvalue weighted by Crippen LogP contribution is -2.21. The van der Waals surface area contributed by atoms with Crippen LogP contribution in [-0.2, 0) is 0 Å². The monoisotopic (exact) mass is 278 g/mol. The largest absolute Gasteiger partial charge is 0.341 e. The molecule has 1 aliphatic heterocycles. The van der Waals surface area contributed by atoms with Gasteiger partial charge < -0.3 is 4.90 Å². The van der Waals surface area contributed by atoms with Gasteiger partial charge in [-0.25, -0.2) is 4.39 Å². The topological polar surface area (TPSA) is 41.9 Å². The van der Waals surface area contributed by atoms with Crippen LogP contribution in [0.2, 0.25) is 5.28 Å². The number of hydrogen-bond acceptors (Lipinski definition) is 4. The summed E-state index contributed by atoms with van der Waals surface area (Å²) >= 11 is 5.92. The van der Waals surface area contributed by atoms with Crippen LogP contribution < -0.4 is 4.90 Å². The highest BCUT2D eigenvalue weighted by Crippen LogP contribution is 2.23. The zero-order valence-corrected chi connectivity index (χ0v) is 10.9. The molecular weight excluding hydrogens is 267 g/mol. The highest BCUT2D eigenvalue weighted by Gasteiger charge is 2.18. The molecule has 3 rings (SSSR count). The first-order valence-corrected chi connectivity index (χ1v) is 6.53. The lowest BCUT2D eigenvalue weighted by molar-refractivity contribution is 0.629. The Bertz CT molecular complexity index is 599. The van der Waals surface area contributed by atoms with Crippen molar-refractivity contribution >= 4 is 17.5 Å². The number of aromatic nitrogens is 3. The molecule has 4 nitrogen and oxygen atoms in total. The van der Waals surface area contributed by atoms with E-state index in [1.807, 2.05) is 4.90 Å². The van der Waals surface area contributed by atoms with Gasteiger partial charge in [0.05, 0.1) is 5.56 Å². The van der Waals surface area contributed by atoms with E-state index in [0.717, 1.165) is 25.9 Å². The first kappa shape index (κ1) is 12.3. The summed E-state index contributed by atoms with van der Waals surface area (Å²) in [5, 5.41) is 0.0927. The molecule has 98 valence electrons. The summed E-state index contributed by atoms with van der Waals surface area (Å²) in [6, 6.07) is 6.38. The van der Waals surface area contributed by atoms with E-state index in [0.29, 0.717) is 11.5 Å². The molecule has 0 unspecified atom stereocenters. The van der Waals surface area contributed by atoms with E-state index in [1.165, 1.54) is 6.07 Å². The van der Waals surface area contributed by atoms with Crippen molar-refractivity contribution in [2.75, 3.05) is 18.0 Å². The average Bonchev–Trinajstić information content (AvgIpc) is 2.92. The van der Waals surface area contributed by atoms with Gasteiger partial charge in [0, 0.05) is 13.1 Å². The Morgan fingerprint density at radius 3 is 2.53 bits per heavy atom. The van der Waals surface area contributed by atoms with Crippen LogP contribution in [0.15, 0.2) is 24.3 Å². The molecule has 0 amide bonds. The van der Waals surface area contributed by atoms with Crippen molar-refractivity contribution in [3.63, 3.8) is 0 Å². The third-order valence-corrected chi connectivity index (χ3v) is 3.27. The predicted molar refractivity (Wildman–Crippen MR) is 71.7 cm³/mol. The second-order valence-electron chi connectivity index (χ2n) is 4.40. The van der Waals surface area contributed by atoms with Gasteiger partial charge in [0.2, 0.25) is 11.2 Å². The van der Waals surface area contributed by atoms with E-state index >= 15 is 0 Å². The Hall–Kier alpha value is -1.75. The van der Waals surface area contributed by atoms with Crippen LogP contribution >= 0.6 is 11.6 Å². The van der Waals surface area contributed by atoms with Crippen molar-refractivity contribution in [2.24, 2.45) is 0 Å². The van der Waals surface area contributed by atoms with Crippen molar-refractivity contribution in [1.82, 2.24) is 15.0 Å². The third-order valence-electron chi connectivity index (χ3n) is 3.10. The van der Waals surface area contributed by atoms with Crippen LogP contribution in [0.1, 0.15) is 12.8 Å². The van der Waals surface area contributed by atoms with Gasteiger partial charge in [-0.2, -0.15) is 15.0 Å². The van der Waals surface area contributed by atoms with Crippen molar-refractivity contribution in [3.05, 3.63) is 35.4 Å². The number of halogens is 2. The number of nitrogens with zero attached hydrogens (tertiary/aromatic N) is 4. The molecule has 0 atom stereocenters. The van der Waals surface area contributed by atoms with E-state index in [1.54, 1.807) is 18.2 Å². The summed E-state index contributed by atoms with van der Waals surface area (Å²) in [5.74, 6) is 0.438. The van der Waals surface area contributed by atoms with E-state index in [2.05, 4.69) is 15.0 Å². The molecule has 6 heteroatoms. The normalized spacial score (nSPS) is 14.9. The zero-order chi connectivity index (χ0) is 13.2. The number of benzene rings is 1. The Labute approximate surface area is 115 Å². The molecule has 0 bridgehead atoms. The maximum Gasteiger partial charge on any atom is 0.230 e. The SMILES string of the molecule is Fc1ccccc1-c1nc(Cl)nc(N2CCCC2)n1.